The predicted molar refractivity (Wildman–Crippen MR) is 449 cm³/mol. The fourth-order valence-corrected chi connectivity index (χ4v) is 18.0. The second-order valence-corrected chi connectivity index (χ2v) is 33.5. The van der Waals surface area contributed by atoms with Gasteiger partial charge in [0.15, 0.2) is 11.2 Å². The van der Waals surface area contributed by atoms with Gasteiger partial charge >= 0.3 is 0 Å². The largest absolute Gasteiger partial charge is 0.456 e. The molecule has 7 heteroatoms. The van der Waals surface area contributed by atoms with Gasteiger partial charge in [-0.2, -0.15) is 0 Å². The maximum atomic E-state index is 6.97. The zero-order valence-corrected chi connectivity index (χ0v) is 62.3. The van der Waals surface area contributed by atoms with E-state index in [0.717, 1.165) is 186 Å². The summed E-state index contributed by atoms with van der Waals surface area (Å²) in [6.07, 6.45) is 9.18. The Balaban J connectivity index is 0.642. The molecule has 1 aliphatic carbocycles. The van der Waals surface area contributed by atoms with Crippen molar-refractivity contribution in [3.8, 4) is 33.4 Å². The molecule has 0 spiro atoms. The molecule has 107 heavy (non-hydrogen) atoms. The third kappa shape index (κ3) is 11.8. The molecule has 5 aromatic heterocycles. The Labute approximate surface area is 623 Å². The van der Waals surface area contributed by atoms with Crippen LogP contribution in [0, 0.1) is 16.2 Å². The number of allylic oxidation sites excluding steroid dienone is 4. The quantitative estimate of drug-likeness (QED) is 0.107. The molecule has 18 aromatic rings. The number of fused-ring (bicyclic) bond motifs is 15. The van der Waals surface area contributed by atoms with E-state index in [0.29, 0.717) is 0 Å². The number of hydrogen-bond acceptors (Lipinski definition) is 7. The van der Waals surface area contributed by atoms with E-state index >= 15 is 0 Å². The molecular formula is C100H84N2O5. The van der Waals surface area contributed by atoms with Crippen LogP contribution in [0.15, 0.2) is 307 Å². The fraction of sp³-hybridized carbons (Fsp3) is 0.180. The van der Waals surface area contributed by atoms with Crippen LogP contribution in [0.5, 0.6) is 0 Å². The molecule has 0 fully saturated rings. The first-order valence-electron chi connectivity index (χ1n) is 37.7. The molecule has 0 N–H and O–H groups in total. The molecule has 0 saturated carbocycles. The molecule has 0 atom stereocenters. The Morgan fingerprint density at radius 3 is 1.00 bits per heavy atom. The normalized spacial score (nSPS) is 13.4. The summed E-state index contributed by atoms with van der Waals surface area (Å²) in [6, 6.07) is 95.8. The zero-order valence-electron chi connectivity index (χ0n) is 62.3. The van der Waals surface area contributed by atoms with Gasteiger partial charge in [0.25, 0.3) is 0 Å². The van der Waals surface area contributed by atoms with Crippen LogP contribution in [0.4, 0.5) is 34.1 Å². The number of anilines is 6. The van der Waals surface area contributed by atoms with Crippen molar-refractivity contribution in [3.05, 3.63) is 296 Å². The van der Waals surface area contributed by atoms with E-state index in [-0.39, 0.29) is 21.7 Å². The first kappa shape index (κ1) is 65.7. The number of para-hydroxylation sites is 4. The average molecular weight is 1390 g/mol. The van der Waals surface area contributed by atoms with Crippen LogP contribution in [0.3, 0.4) is 0 Å². The number of hydrogen-bond donors (Lipinski definition) is 0. The topological polar surface area (TPSA) is 72.2 Å². The highest BCUT2D eigenvalue weighted by Crippen LogP contribution is 2.50. The summed E-state index contributed by atoms with van der Waals surface area (Å²) in [5.74, 6) is 0. The number of nitrogens with zero attached hydrogens (tertiary/aromatic N) is 2. The minimum Gasteiger partial charge on any atom is -0.456 e. The van der Waals surface area contributed by atoms with Gasteiger partial charge < -0.3 is 31.9 Å². The molecule has 19 rings (SSSR count). The van der Waals surface area contributed by atoms with Crippen molar-refractivity contribution in [2.24, 2.45) is 16.2 Å². The minimum atomic E-state index is 0.0882. The first-order valence-corrected chi connectivity index (χ1v) is 37.7. The Morgan fingerprint density at radius 1 is 0.262 bits per heavy atom. The molecule has 0 unspecified atom stereocenters. The van der Waals surface area contributed by atoms with Crippen molar-refractivity contribution in [1.82, 2.24) is 0 Å². The number of rotatable bonds is 14. The number of benzene rings is 13. The van der Waals surface area contributed by atoms with Gasteiger partial charge in [0.1, 0.15) is 44.7 Å². The van der Waals surface area contributed by atoms with Crippen LogP contribution in [-0.2, 0) is 5.41 Å². The zero-order chi connectivity index (χ0) is 72.8. The van der Waals surface area contributed by atoms with Crippen molar-refractivity contribution >= 4 is 149 Å². The lowest BCUT2D eigenvalue weighted by atomic mass is 9.69. The van der Waals surface area contributed by atoms with Crippen molar-refractivity contribution in [2.75, 3.05) is 9.80 Å². The lowest BCUT2D eigenvalue weighted by Gasteiger charge is -2.36. The van der Waals surface area contributed by atoms with Crippen LogP contribution in [-0.4, -0.2) is 0 Å². The maximum absolute atomic E-state index is 6.97. The summed E-state index contributed by atoms with van der Waals surface area (Å²) in [5.41, 5.74) is 27.0. The van der Waals surface area contributed by atoms with Crippen LogP contribution in [0.2, 0.25) is 0 Å². The van der Waals surface area contributed by atoms with Gasteiger partial charge in [-0.15, -0.1) is 0 Å². The SMILES string of the molecule is CC(C)(C)CC(C)(C)C1=CC=C(c2ccc(-c3ccc(N(c4ccc5c(c4)oc4cc6c(cc45)oc4cc5c(cc46)oc4cc(N(c6ccc(-c7ccc(-c8ccc(C(C)(C)CC(C)(C)C)cc8)cc7)cc6)c6cccc7c6oc6ccccc67)ccc45)c4cccc5c4oc4ccccc45)cc3)cc2)CC1. The van der Waals surface area contributed by atoms with Gasteiger partial charge in [0.2, 0.25) is 0 Å². The second-order valence-electron chi connectivity index (χ2n) is 33.5. The fourth-order valence-electron chi connectivity index (χ4n) is 18.0. The van der Waals surface area contributed by atoms with E-state index < -0.39 is 0 Å². The van der Waals surface area contributed by atoms with Crippen LogP contribution in [0.1, 0.15) is 106 Å². The van der Waals surface area contributed by atoms with E-state index in [1.54, 1.807) is 5.57 Å². The molecule has 13 aromatic carbocycles. The first-order chi connectivity index (χ1) is 51.7. The summed E-state index contributed by atoms with van der Waals surface area (Å²) in [5, 5.41) is 10.1. The second kappa shape index (κ2) is 24.8. The molecular weight excluding hydrogens is 1310 g/mol. The van der Waals surface area contributed by atoms with E-state index in [9.17, 15) is 0 Å². The van der Waals surface area contributed by atoms with Gasteiger partial charge in [-0.05, 0) is 194 Å². The summed E-state index contributed by atoms with van der Waals surface area (Å²) in [6.45, 7) is 23.5. The van der Waals surface area contributed by atoms with Gasteiger partial charge in [-0.1, -0.05) is 245 Å². The smallest absolute Gasteiger partial charge is 0.159 e. The highest BCUT2D eigenvalue weighted by atomic mass is 16.3. The standard InChI is InChI=1S/C100H84N2O5/c1-97(2,3)59-99(7,8)69-41-33-65(34-42-69)61-25-29-63(30-26-61)67-37-45-71(46-38-67)101(85-21-15-19-79-75-17-11-13-23-87(75)106-95(79)85)73-49-51-77-81-55-93-83(57-91(81)103-89(77)53-73)84-58-92-82(56-94(84)105-93)78-52-50-74(54-90(78)104-92)102(86-22-16-20-80-76-18-12-14-24-88(76)107-96(80)86)72-47-39-68(40-48-72)64-31-27-62(28-32-64)66-35-43-70(44-36-66)100(9,10)60-98(4,5)6/h11-35,37-43,45-58H,36,44,59-60H2,1-10H3. The Hall–Kier alpha value is -12.1. The van der Waals surface area contributed by atoms with Crippen molar-refractivity contribution in [1.29, 1.82) is 0 Å². The average Bonchev–Trinajstić information content (AvgIpc) is 1.48. The highest BCUT2D eigenvalue weighted by molar-refractivity contribution is 6.20. The lowest BCUT2D eigenvalue weighted by Crippen LogP contribution is -2.24. The Bertz CT molecular complexity index is 6610. The van der Waals surface area contributed by atoms with Crippen LogP contribution in [0.25, 0.3) is 149 Å². The van der Waals surface area contributed by atoms with Gasteiger partial charge in [0.05, 0.1) is 22.7 Å². The van der Waals surface area contributed by atoms with Crippen molar-refractivity contribution in [2.45, 2.75) is 100 Å². The van der Waals surface area contributed by atoms with E-state index in [1.807, 2.05) is 24.3 Å². The van der Waals surface area contributed by atoms with Crippen molar-refractivity contribution < 1.29 is 22.1 Å². The molecule has 0 aliphatic heterocycles. The van der Waals surface area contributed by atoms with E-state index in [2.05, 4.69) is 334 Å². The summed E-state index contributed by atoms with van der Waals surface area (Å²) in [4.78, 5) is 4.57. The summed E-state index contributed by atoms with van der Waals surface area (Å²) < 4.78 is 34.3. The van der Waals surface area contributed by atoms with Gasteiger partial charge in [-0.3, -0.25) is 0 Å². The molecule has 524 valence electrons. The van der Waals surface area contributed by atoms with Gasteiger partial charge in [-0.25, -0.2) is 0 Å². The summed E-state index contributed by atoms with van der Waals surface area (Å²) in [7, 11) is 0. The van der Waals surface area contributed by atoms with E-state index in [4.69, 9.17) is 22.1 Å². The van der Waals surface area contributed by atoms with Crippen LogP contribution < -0.4 is 9.80 Å². The maximum Gasteiger partial charge on any atom is 0.159 e. The third-order valence-electron chi connectivity index (χ3n) is 22.4. The van der Waals surface area contributed by atoms with Crippen molar-refractivity contribution in [3.63, 3.8) is 0 Å². The highest BCUT2D eigenvalue weighted by Gasteiger charge is 2.32. The predicted octanol–water partition coefficient (Wildman–Crippen LogP) is 30.4. The Kier molecular flexibility index (Phi) is 15.2. The molecule has 7 nitrogen and oxygen atoms in total. The number of furan rings is 5. The third-order valence-corrected chi connectivity index (χ3v) is 22.4. The lowest BCUT2D eigenvalue weighted by molar-refractivity contribution is 0.245. The molecule has 0 amide bonds. The molecule has 1 aliphatic rings. The molecule has 5 heterocycles. The Morgan fingerprint density at radius 2 is 0.598 bits per heavy atom. The minimum absolute atomic E-state index is 0.0882. The van der Waals surface area contributed by atoms with Gasteiger partial charge in [0, 0.05) is 77.4 Å². The molecule has 0 radical (unpaired) electrons. The monoisotopic (exact) mass is 1390 g/mol. The van der Waals surface area contributed by atoms with E-state index in [1.165, 1.54) is 33.4 Å². The molecule has 0 bridgehead atoms. The summed E-state index contributed by atoms with van der Waals surface area (Å²) >= 11 is 0. The molecule has 0 saturated heterocycles. The van der Waals surface area contributed by atoms with Crippen LogP contribution >= 0.6 is 0 Å².